The van der Waals surface area contributed by atoms with E-state index in [0.29, 0.717) is 10.7 Å². The second kappa shape index (κ2) is 8.68. The summed E-state index contributed by atoms with van der Waals surface area (Å²) in [6.07, 6.45) is 1.53. The third kappa shape index (κ3) is 4.43. The van der Waals surface area contributed by atoms with Crippen molar-refractivity contribution < 1.29 is 14.7 Å². The third-order valence-electron chi connectivity index (χ3n) is 4.59. The monoisotopic (exact) mass is 419 g/mol. The van der Waals surface area contributed by atoms with E-state index in [1.165, 1.54) is 30.3 Å². The van der Waals surface area contributed by atoms with Crippen molar-refractivity contribution in [3.63, 3.8) is 0 Å². The molecule has 0 atom stereocenters. The predicted octanol–water partition coefficient (Wildman–Crippen LogP) is 4.99. The fourth-order valence-corrected chi connectivity index (χ4v) is 3.33. The van der Waals surface area contributed by atoms with E-state index >= 15 is 0 Å². The third-order valence-corrected chi connectivity index (χ3v) is 4.83. The normalized spacial score (nSPS) is 11.1. The van der Waals surface area contributed by atoms with Gasteiger partial charge < -0.3 is 15.0 Å². The predicted molar refractivity (Wildman–Crippen MR) is 116 cm³/mol. The standard InChI is InChI=1S/C23H18ClN3O3/c1-14-10-17(15(2)27(14)21-5-3-4-19(24)12-21)11-18(13-25)22(28)26-20-8-6-16(7-9-20)23(29)30/h3-12H,1-2H3,(H,26,28)(H,29,30)/b18-11+. The van der Waals surface area contributed by atoms with Crippen LogP contribution in [-0.2, 0) is 4.79 Å². The number of rotatable bonds is 5. The molecule has 0 bridgehead atoms. The van der Waals surface area contributed by atoms with Crippen molar-refractivity contribution in [2.75, 3.05) is 5.32 Å². The summed E-state index contributed by atoms with van der Waals surface area (Å²) in [6, 6.07) is 17.0. The summed E-state index contributed by atoms with van der Waals surface area (Å²) < 4.78 is 2.00. The first-order chi connectivity index (χ1) is 14.3. The van der Waals surface area contributed by atoms with Gasteiger partial charge in [-0.2, -0.15) is 5.26 Å². The van der Waals surface area contributed by atoms with E-state index in [9.17, 15) is 14.9 Å². The zero-order valence-electron chi connectivity index (χ0n) is 16.3. The summed E-state index contributed by atoms with van der Waals surface area (Å²) in [5.41, 5.74) is 3.86. The molecule has 3 aromatic rings. The van der Waals surface area contributed by atoms with E-state index in [0.717, 1.165) is 22.6 Å². The van der Waals surface area contributed by atoms with Crippen LogP contribution >= 0.6 is 11.6 Å². The van der Waals surface area contributed by atoms with Gasteiger partial charge in [0.15, 0.2) is 0 Å². The second-order valence-corrected chi connectivity index (χ2v) is 7.08. The summed E-state index contributed by atoms with van der Waals surface area (Å²) in [4.78, 5) is 23.5. The number of amides is 1. The average Bonchev–Trinajstić information content (AvgIpc) is 2.99. The van der Waals surface area contributed by atoms with Gasteiger partial charge in [0.05, 0.1) is 5.56 Å². The molecule has 6 nitrogen and oxygen atoms in total. The molecule has 0 radical (unpaired) electrons. The number of carbonyl (C=O) groups excluding carboxylic acids is 1. The second-order valence-electron chi connectivity index (χ2n) is 6.65. The zero-order chi connectivity index (χ0) is 21.8. The van der Waals surface area contributed by atoms with Gasteiger partial charge in [-0.05, 0) is 74.0 Å². The Kier molecular flexibility index (Phi) is 6.05. The largest absolute Gasteiger partial charge is 0.478 e. The first kappa shape index (κ1) is 20.9. The maximum absolute atomic E-state index is 12.5. The van der Waals surface area contributed by atoms with Crippen LogP contribution in [0.4, 0.5) is 5.69 Å². The Labute approximate surface area is 178 Å². The molecule has 30 heavy (non-hydrogen) atoms. The summed E-state index contributed by atoms with van der Waals surface area (Å²) >= 11 is 6.10. The number of nitrogens with one attached hydrogen (secondary N) is 1. The van der Waals surface area contributed by atoms with Gasteiger partial charge in [0, 0.05) is 27.8 Å². The molecular formula is C23H18ClN3O3. The van der Waals surface area contributed by atoms with Crippen molar-refractivity contribution in [3.8, 4) is 11.8 Å². The highest BCUT2D eigenvalue weighted by molar-refractivity contribution is 6.30. The number of carboxylic acid groups (broad SMARTS) is 1. The van der Waals surface area contributed by atoms with E-state index in [1.807, 2.05) is 48.7 Å². The molecule has 3 rings (SSSR count). The molecule has 0 spiro atoms. The minimum atomic E-state index is -1.06. The number of halogens is 1. The van der Waals surface area contributed by atoms with Gasteiger partial charge in [-0.15, -0.1) is 0 Å². The molecule has 0 fully saturated rings. The number of anilines is 1. The van der Waals surface area contributed by atoms with Gasteiger partial charge in [-0.3, -0.25) is 4.79 Å². The molecule has 0 aliphatic rings. The van der Waals surface area contributed by atoms with Crippen LogP contribution < -0.4 is 5.32 Å². The molecule has 0 saturated heterocycles. The Balaban J connectivity index is 1.89. The fourth-order valence-electron chi connectivity index (χ4n) is 3.14. The zero-order valence-corrected chi connectivity index (χ0v) is 17.1. The molecule has 1 aromatic heterocycles. The van der Waals surface area contributed by atoms with Gasteiger partial charge in [0.1, 0.15) is 11.6 Å². The Bertz CT molecular complexity index is 1200. The van der Waals surface area contributed by atoms with Gasteiger partial charge >= 0.3 is 5.97 Å². The minimum Gasteiger partial charge on any atom is -0.478 e. The SMILES string of the molecule is Cc1cc(/C=C(\C#N)C(=O)Nc2ccc(C(=O)O)cc2)c(C)n1-c1cccc(Cl)c1. The van der Waals surface area contributed by atoms with E-state index < -0.39 is 11.9 Å². The molecule has 0 saturated carbocycles. The minimum absolute atomic E-state index is 0.0661. The Morgan fingerprint density at radius 1 is 1.13 bits per heavy atom. The molecular weight excluding hydrogens is 402 g/mol. The van der Waals surface area contributed by atoms with Crippen LogP contribution in [-0.4, -0.2) is 21.6 Å². The van der Waals surface area contributed by atoms with Crippen LogP contribution in [0.15, 0.2) is 60.2 Å². The highest BCUT2D eigenvalue weighted by Crippen LogP contribution is 2.24. The fraction of sp³-hybridized carbons (Fsp3) is 0.0870. The van der Waals surface area contributed by atoms with Crippen molar-refractivity contribution in [2.45, 2.75) is 13.8 Å². The van der Waals surface area contributed by atoms with Crippen LogP contribution in [0.5, 0.6) is 0 Å². The van der Waals surface area contributed by atoms with Crippen molar-refractivity contribution in [3.05, 3.63) is 87.7 Å². The lowest BCUT2D eigenvalue weighted by atomic mass is 10.1. The van der Waals surface area contributed by atoms with Gasteiger partial charge in [0.2, 0.25) is 0 Å². The van der Waals surface area contributed by atoms with Crippen LogP contribution in [0.25, 0.3) is 11.8 Å². The number of aryl methyl sites for hydroxylation is 1. The molecule has 0 aliphatic carbocycles. The number of benzene rings is 2. The van der Waals surface area contributed by atoms with Crippen molar-refractivity contribution >= 4 is 35.2 Å². The number of hydrogen-bond acceptors (Lipinski definition) is 3. The number of aromatic carboxylic acids is 1. The molecule has 7 heteroatoms. The summed E-state index contributed by atoms with van der Waals surface area (Å²) in [7, 11) is 0. The Morgan fingerprint density at radius 2 is 1.83 bits per heavy atom. The summed E-state index contributed by atoms with van der Waals surface area (Å²) in [5.74, 6) is -1.63. The Morgan fingerprint density at radius 3 is 2.43 bits per heavy atom. The number of carbonyl (C=O) groups is 2. The van der Waals surface area contributed by atoms with E-state index in [2.05, 4.69) is 5.32 Å². The summed E-state index contributed by atoms with van der Waals surface area (Å²) in [5, 5.41) is 21.7. The molecule has 2 N–H and O–H groups in total. The van der Waals surface area contributed by atoms with E-state index in [-0.39, 0.29) is 11.1 Å². The highest BCUT2D eigenvalue weighted by atomic mass is 35.5. The van der Waals surface area contributed by atoms with Crippen LogP contribution in [0, 0.1) is 25.2 Å². The maximum Gasteiger partial charge on any atom is 0.335 e. The number of aromatic nitrogens is 1. The molecule has 150 valence electrons. The van der Waals surface area contributed by atoms with Crippen LogP contribution in [0.3, 0.4) is 0 Å². The van der Waals surface area contributed by atoms with Gasteiger partial charge in [-0.25, -0.2) is 4.79 Å². The molecule has 0 unspecified atom stereocenters. The van der Waals surface area contributed by atoms with Crippen LogP contribution in [0.1, 0.15) is 27.3 Å². The lowest BCUT2D eigenvalue weighted by Gasteiger charge is -2.10. The van der Waals surface area contributed by atoms with Crippen LogP contribution in [0.2, 0.25) is 5.02 Å². The number of nitrogens with zero attached hydrogens (tertiary/aromatic N) is 2. The molecule has 2 aromatic carbocycles. The van der Waals surface area contributed by atoms with E-state index in [1.54, 1.807) is 6.07 Å². The molecule has 1 heterocycles. The number of carboxylic acids is 1. The summed E-state index contributed by atoms with van der Waals surface area (Å²) in [6.45, 7) is 3.83. The van der Waals surface area contributed by atoms with Gasteiger partial charge in [-0.1, -0.05) is 17.7 Å². The highest BCUT2D eigenvalue weighted by Gasteiger charge is 2.14. The van der Waals surface area contributed by atoms with Gasteiger partial charge in [0.25, 0.3) is 5.91 Å². The average molecular weight is 420 g/mol. The van der Waals surface area contributed by atoms with E-state index in [4.69, 9.17) is 16.7 Å². The van der Waals surface area contributed by atoms with Crippen molar-refractivity contribution in [1.82, 2.24) is 4.57 Å². The van der Waals surface area contributed by atoms with Crippen molar-refractivity contribution in [1.29, 1.82) is 5.26 Å². The first-order valence-corrected chi connectivity index (χ1v) is 9.39. The Hall–Kier alpha value is -3.82. The quantitative estimate of drug-likeness (QED) is 0.449. The smallest absolute Gasteiger partial charge is 0.335 e. The lowest BCUT2D eigenvalue weighted by Crippen LogP contribution is -2.13. The maximum atomic E-state index is 12.5. The van der Waals surface area contributed by atoms with Crippen molar-refractivity contribution in [2.24, 2.45) is 0 Å². The number of nitriles is 1. The topological polar surface area (TPSA) is 95.1 Å². The first-order valence-electron chi connectivity index (χ1n) is 9.01. The number of hydrogen-bond donors (Lipinski definition) is 2. The molecule has 0 aliphatic heterocycles. The lowest BCUT2D eigenvalue weighted by molar-refractivity contribution is -0.112. The molecule has 1 amide bonds.